The summed E-state index contributed by atoms with van der Waals surface area (Å²) in [6.45, 7) is 9.41. The lowest BCUT2D eigenvalue weighted by molar-refractivity contribution is 0.0317. The first kappa shape index (κ1) is 14.9. The summed E-state index contributed by atoms with van der Waals surface area (Å²) in [6.07, 6.45) is 3.47. The molecule has 2 N–H and O–H groups in total. The Labute approximate surface area is 94.3 Å². The van der Waals surface area contributed by atoms with Crippen LogP contribution in [-0.4, -0.2) is 32.5 Å². The first-order chi connectivity index (χ1) is 7.20. The van der Waals surface area contributed by atoms with Crippen LogP contribution in [0.25, 0.3) is 0 Å². The largest absolute Gasteiger partial charge is 0.381 e. The van der Waals surface area contributed by atoms with Crippen molar-refractivity contribution in [3.05, 3.63) is 0 Å². The van der Waals surface area contributed by atoms with E-state index < -0.39 is 0 Å². The molecule has 3 heteroatoms. The van der Waals surface area contributed by atoms with Crippen molar-refractivity contribution in [2.45, 2.75) is 46.1 Å². The highest BCUT2D eigenvalue weighted by Crippen LogP contribution is 2.04. The van der Waals surface area contributed by atoms with Crippen LogP contribution in [0.5, 0.6) is 0 Å². The normalized spacial score (nSPS) is 13.4. The van der Waals surface area contributed by atoms with Gasteiger partial charge in [0.15, 0.2) is 0 Å². The van der Waals surface area contributed by atoms with Gasteiger partial charge in [-0.15, -0.1) is 0 Å². The minimum Gasteiger partial charge on any atom is -0.381 e. The van der Waals surface area contributed by atoms with Gasteiger partial charge >= 0.3 is 0 Å². The third-order valence-corrected chi connectivity index (χ3v) is 2.32. The lowest BCUT2D eigenvalue weighted by Gasteiger charge is -2.14. The summed E-state index contributed by atoms with van der Waals surface area (Å²) < 4.78 is 11.0. The van der Waals surface area contributed by atoms with Crippen LogP contribution in [0.2, 0.25) is 0 Å². The third kappa shape index (κ3) is 10.2. The standard InChI is InChI=1S/C12H27NO2/c1-4-15-12(10-13)7-9-14-8-5-6-11(2)3/h11-12H,4-10,13H2,1-3H3. The molecule has 0 aromatic carbocycles. The molecule has 0 amide bonds. The summed E-state index contributed by atoms with van der Waals surface area (Å²) in [5.74, 6) is 0.772. The molecule has 92 valence electrons. The van der Waals surface area contributed by atoms with Crippen molar-refractivity contribution in [3.63, 3.8) is 0 Å². The van der Waals surface area contributed by atoms with Crippen molar-refractivity contribution < 1.29 is 9.47 Å². The molecule has 0 bridgehead atoms. The molecule has 1 unspecified atom stereocenters. The van der Waals surface area contributed by atoms with Crippen LogP contribution in [0.1, 0.15) is 40.0 Å². The highest BCUT2D eigenvalue weighted by Gasteiger charge is 2.05. The summed E-state index contributed by atoms with van der Waals surface area (Å²) in [5, 5.41) is 0. The summed E-state index contributed by atoms with van der Waals surface area (Å²) in [7, 11) is 0. The number of ether oxygens (including phenoxy) is 2. The van der Waals surface area contributed by atoms with E-state index in [-0.39, 0.29) is 6.10 Å². The molecule has 0 aromatic rings. The molecule has 15 heavy (non-hydrogen) atoms. The van der Waals surface area contributed by atoms with E-state index in [0.29, 0.717) is 6.54 Å². The SMILES string of the molecule is CCOC(CN)CCOCCCC(C)C. The predicted molar refractivity (Wildman–Crippen MR) is 64.0 cm³/mol. The van der Waals surface area contributed by atoms with E-state index in [1.54, 1.807) is 0 Å². The van der Waals surface area contributed by atoms with Gasteiger partial charge in [-0.2, -0.15) is 0 Å². The van der Waals surface area contributed by atoms with Gasteiger partial charge in [-0.1, -0.05) is 13.8 Å². The fourth-order valence-electron chi connectivity index (χ4n) is 1.42. The van der Waals surface area contributed by atoms with Crippen molar-refractivity contribution in [2.75, 3.05) is 26.4 Å². The molecule has 0 rings (SSSR count). The van der Waals surface area contributed by atoms with E-state index in [1.807, 2.05) is 6.92 Å². The van der Waals surface area contributed by atoms with Gasteiger partial charge in [-0.25, -0.2) is 0 Å². The molecular weight excluding hydrogens is 190 g/mol. The van der Waals surface area contributed by atoms with E-state index in [0.717, 1.165) is 38.6 Å². The minimum atomic E-state index is 0.167. The second kappa shape index (κ2) is 10.4. The molecule has 3 nitrogen and oxygen atoms in total. The van der Waals surface area contributed by atoms with Crippen molar-refractivity contribution in [1.82, 2.24) is 0 Å². The summed E-state index contributed by atoms with van der Waals surface area (Å²) in [6, 6.07) is 0. The highest BCUT2D eigenvalue weighted by molar-refractivity contribution is 4.57. The van der Waals surface area contributed by atoms with Crippen LogP contribution < -0.4 is 5.73 Å². The second-order valence-corrected chi connectivity index (χ2v) is 4.25. The summed E-state index contributed by atoms with van der Waals surface area (Å²) in [4.78, 5) is 0. The van der Waals surface area contributed by atoms with Gasteiger partial charge in [0, 0.05) is 26.4 Å². The molecule has 0 fully saturated rings. The molecule has 0 heterocycles. The van der Waals surface area contributed by atoms with E-state index in [2.05, 4.69) is 13.8 Å². The maximum atomic E-state index is 5.56. The van der Waals surface area contributed by atoms with E-state index in [9.17, 15) is 0 Å². The zero-order valence-corrected chi connectivity index (χ0v) is 10.5. The van der Waals surface area contributed by atoms with Crippen LogP contribution in [0.4, 0.5) is 0 Å². The maximum absolute atomic E-state index is 5.56. The molecule has 0 aromatic heterocycles. The van der Waals surface area contributed by atoms with E-state index in [4.69, 9.17) is 15.2 Å². The molecule has 1 atom stereocenters. The van der Waals surface area contributed by atoms with Crippen molar-refractivity contribution in [3.8, 4) is 0 Å². The Morgan fingerprint density at radius 2 is 1.87 bits per heavy atom. The van der Waals surface area contributed by atoms with Crippen molar-refractivity contribution >= 4 is 0 Å². The van der Waals surface area contributed by atoms with Crippen molar-refractivity contribution in [1.29, 1.82) is 0 Å². The smallest absolute Gasteiger partial charge is 0.0719 e. The van der Waals surface area contributed by atoms with Gasteiger partial charge in [0.2, 0.25) is 0 Å². The Hall–Kier alpha value is -0.120. The first-order valence-corrected chi connectivity index (χ1v) is 6.10. The highest BCUT2D eigenvalue weighted by atomic mass is 16.5. The van der Waals surface area contributed by atoms with Gasteiger partial charge in [-0.3, -0.25) is 0 Å². The van der Waals surface area contributed by atoms with Crippen LogP contribution in [0.15, 0.2) is 0 Å². The monoisotopic (exact) mass is 217 g/mol. The van der Waals surface area contributed by atoms with E-state index >= 15 is 0 Å². The average molecular weight is 217 g/mol. The Kier molecular flexibility index (Phi) is 10.3. The lowest BCUT2D eigenvalue weighted by atomic mass is 10.1. The number of hydrogen-bond donors (Lipinski definition) is 1. The fourth-order valence-corrected chi connectivity index (χ4v) is 1.42. The Morgan fingerprint density at radius 1 is 1.13 bits per heavy atom. The molecule has 0 radical (unpaired) electrons. The number of nitrogens with two attached hydrogens (primary N) is 1. The van der Waals surface area contributed by atoms with Crippen molar-refractivity contribution in [2.24, 2.45) is 11.7 Å². The maximum Gasteiger partial charge on any atom is 0.0719 e. The van der Waals surface area contributed by atoms with Gasteiger partial charge < -0.3 is 15.2 Å². The third-order valence-electron chi connectivity index (χ3n) is 2.32. The van der Waals surface area contributed by atoms with Gasteiger partial charge in [0.25, 0.3) is 0 Å². The van der Waals surface area contributed by atoms with Gasteiger partial charge in [-0.05, 0) is 32.1 Å². The minimum absolute atomic E-state index is 0.167. The molecule has 0 aliphatic heterocycles. The quantitative estimate of drug-likeness (QED) is 0.570. The Morgan fingerprint density at radius 3 is 2.40 bits per heavy atom. The van der Waals surface area contributed by atoms with E-state index in [1.165, 1.54) is 6.42 Å². The van der Waals surface area contributed by atoms with Crippen LogP contribution >= 0.6 is 0 Å². The lowest BCUT2D eigenvalue weighted by Crippen LogP contribution is -2.25. The molecule has 0 aliphatic rings. The van der Waals surface area contributed by atoms with Gasteiger partial charge in [0.05, 0.1) is 6.10 Å². The van der Waals surface area contributed by atoms with Crippen LogP contribution in [-0.2, 0) is 9.47 Å². The van der Waals surface area contributed by atoms with Gasteiger partial charge in [0.1, 0.15) is 0 Å². The molecular formula is C12H27NO2. The Bertz CT molecular complexity index is 129. The number of hydrogen-bond acceptors (Lipinski definition) is 3. The average Bonchev–Trinajstić information content (AvgIpc) is 2.21. The number of rotatable bonds is 10. The zero-order chi connectivity index (χ0) is 11.5. The van der Waals surface area contributed by atoms with Crippen LogP contribution in [0, 0.1) is 5.92 Å². The summed E-state index contributed by atoms with van der Waals surface area (Å²) >= 11 is 0. The zero-order valence-electron chi connectivity index (χ0n) is 10.5. The fraction of sp³-hybridized carbons (Fsp3) is 1.00. The molecule has 0 saturated carbocycles. The molecule has 0 aliphatic carbocycles. The summed E-state index contributed by atoms with van der Waals surface area (Å²) in [5.41, 5.74) is 5.56. The predicted octanol–water partition coefficient (Wildman–Crippen LogP) is 2.19. The molecule has 0 spiro atoms. The molecule has 0 saturated heterocycles. The Balaban J connectivity index is 3.21. The topological polar surface area (TPSA) is 44.5 Å². The second-order valence-electron chi connectivity index (χ2n) is 4.25. The first-order valence-electron chi connectivity index (χ1n) is 6.10. The van der Waals surface area contributed by atoms with Crippen LogP contribution in [0.3, 0.4) is 0 Å².